The Kier molecular flexibility index (Phi) is 55.3. The fraction of sp³-hybridized carbons (Fsp3) is 0.794. The largest absolute Gasteiger partial charge is 0.462 e. The van der Waals surface area contributed by atoms with Crippen molar-refractivity contribution in [1.82, 2.24) is 0 Å². The lowest BCUT2D eigenvalue weighted by molar-refractivity contribution is -0.167. The van der Waals surface area contributed by atoms with Crippen LogP contribution in [0.2, 0.25) is 0 Å². The van der Waals surface area contributed by atoms with E-state index in [9.17, 15) is 14.4 Å². The molecule has 0 spiro atoms. The van der Waals surface area contributed by atoms with Gasteiger partial charge in [-0.3, -0.25) is 14.4 Å². The molecule has 0 aromatic heterocycles. The fourth-order valence-corrected chi connectivity index (χ4v) is 8.44. The van der Waals surface area contributed by atoms with Crippen LogP contribution in [-0.2, 0) is 28.6 Å². The van der Waals surface area contributed by atoms with Crippen molar-refractivity contribution in [3.8, 4) is 0 Å². The van der Waals surface area contributed by atoms with Gasteiger partial charge in [0.1, 0.15) is 13.2 Å². The van der Waals surface area contributed by atoms with E-state index >= 15 is 0 Å². The van der Waals surface area contributed by atoms with E-state index in [2.05, 4.69) is 81.5 Å². The van der Waals surface area contributed by atoms with E-state index in [1.54, 1.807) is 0 Å². The summed E-state index contributed by atoms with van der Waals surface area (Å²) in [6.07, 6.45) is 72.0. The number of carbonyl (C=O) groups excluding carboxylic acids is 3. The Morgan fingerprint density at radius 3 is 0.841 bits per heavy atom. The summed E-state index contributed by atoms with van der Waals surface area (Å²) in [5.74, 6) is -0.889. The Morgan fingerprint density at radius 2 is 0.522 bits per heavy atom. The Labute approximate surface area is 428 Å². The summed E-state index contributed by atoms with van der Waals surface area (Å²) >= 11 is 0. The average molecular weight is 966 g/mol. The maximum absolute atomic E-state index is 12.9. The van der Waals surface area contributed by atoms with Gasteiger partial charge in [-0.25, -0.2) is 0 Å². The van der Waals surface area contributed by atoms with E-state index in [1.165, 1.54) is 180 Å². The van der Waals surface area contributed by atoms with Crippen LogP contribution in [0, 0.1) is 0 Å². The minimum Gasteiger partial charge on any atom is -0.462 e. The number of carbonyl (C=O) groups is 3. The predicted molar refractivity (Wildman–Crippen MR) is 298 cm³/mol. The molecule has 0 saturated heterocycles. The standard InChI is InChI=1S/C63H112O6/c1-4-7-10-13-16-19-22-25-28-31-34-37-40-43-46-49-52-55-61(64)67-58-60(69-63(66)57-54-51-48-45-42-39-36-33-30-27-24-21-18-15-12-9-6-3)59-68-62(65)56-53-50-47-44-41-38-35-32-29-26-23-20-17-14-11-8-5-2/h16,18-19,21,25-30,60H,4-15,17,20,22-24,31-59H2,1-3H3/b19-16-,21-18-,28-25-,29-26-,30-27-/t60-/m1/s1. The molecule has 0 N–H and O–H groups in total. The van der Waals surface area contributed by atoms with Gasteiger partial charge in [0.05, 0.1) is 0 Å². The lowest BCUT2D eigenvalue weighted by Gasteiger charge is -2.18. The van der Waals surface area contributed by atoms with E-state index in [-0.39, 0.29) is 31.1 Å². The zero-order chi connectivity index (χ0) is 50.0. The molecule has 0 fully saturated rings. The van der Waals surface area contributed by atoms with Crippen LogP contribution in [0.25, 0.3) is 0 Å². The summed E-state index contributed by atoms with van der Waals surface area (Å²) in [4.78, 5) is 38.2. The highest BCUT2D eigenvalue weighted by atomic mass is 16.6. The molecule has 69 heavy (non-hydrogen) atoms. The van der Waals surface area contributed by atoms with E-state index in [1.807, 2.05) is 0 Å². The molecule has 0 aliphatic carbocycles. The maximum atomic E-state index is 12.9. The van der Waals surface area contributed by atoms with Crippen molar-refractivity contribution in [3.05, 3.63) is 60.8 Å². The van der Waals surface area contributed by atoms with Gasteiger partial charge in [-0.1, -0.05) is 236 Å². The summed E-state index contributed by atoms with van der Waals surface area (Å²) in [7, 11) is 0. The predicted octanol–water partition coefficient (Wildman–Crippen LogP) is 20.0. The third-order valence-corrected chi connectivity index (χ3v) is 13.0. The topological polar surface area (TPSA) is 78.9 Å². The Hall–Kier alpha value is -2.89. The normalized spacial score (nSPS) is 12.4. The van der Waals surface area contributed by atoms with Gasteiger partial charge in [-0.2, -0.15) is 0 Å². The Balaban J connectivity index is 4.40. The second-order valence-electron chi connectivity index (χ2n) is 19.9. The van der Waals surface area contributed by atoms with E-state index < -0.39 is 6.10 Å². The van der Waals surface area contributed by atoms with Crippen LogP contribution in [0.15, 0.2) is 60.8 Å². The minimum atomic E-state index is -0.784. The third-order valence-electron chi connectivity index (χ3n) is 13.0. The summed E-state index contributed by atoms with van der Waals surface area (Å²) in [6.45, 7) is 6.60. The highest BCUT2D eigenvalue weighted by molar-refractivity contribution is 5.71. The van der Waals surface area contributed by atoms with E-state index in [0.717, 1.165) is 83.5 Å². The number of rotatable bonds is 54. The van der Waals surface area contributed by atoms with Crippen LogP contribution in [0.5, 0.6) is 0 Å². The van der Waals surface area contributed by atoms with E-state index in [4.69, 9.17) is 14.2 Å². The molecule has 400 valence electrons. The molecule has 0 bridgehead atoms. The van der Waals surface area contributed by atoms with Gasteiger partial charge in [-0.15, -0.1) is 0 Å². The van der Waals surface area contributed by atoms with E-state index in [0.29, 0.717) is 19.3 Å². The number of allylic oxidation sites excluding steroid dienone is 10. The first kappa shape index (κ1) is 66.1. The highest BCUT2D eigenvalue weighted by Gasteiger charge is 2.19. The molecule has 0 aromatic rings. The van der Waals surface area contributed by atoms with Gasteiger partial charge in [0.25, 0.3) is 0 Å². The first-order valence-electron chi connectivity index (χ1n) is 29.8. The second-order valence-corrected chi connectivity index (χ2v) is 19.9. The number of unbranched alkanes of at least 4 members (excludes halogenated alkanes) is 33. The SMILES string of the molecule is CCCCC/C=C\C/C=C\CCCCCCCCCC(=O)OC[C@H](COC(=O)CCCCCCCCC/C=C\CCCCCCCC)OC(=O)CCCCCCCCC/C=C\C/C=C\CCCCC. The van der Waals surface area contributed by atoms with Crippen LogP contribution >= 0.6 is 0 Å². The first-order chi connectivity index (χ1) is 34.0. The lowest BCUT2D eigenvalue weighted by Crippen LogP contribution is -2.30. The van der Waals surface area contributed by atoms with Crippen molar-refractivity contribution in [3.63, 3.8) is 0 Å². The molecule has 0 heterocycles. The molecular weight excluding hydrogens is 853 g/mol. The number of esters is 3. The van der Waals surface area contributed by atoms with Crippen LogP contribution in [0.3, 0.4) is 0 Å². The highest BCUT2D eigenvalue weighted by Crippen LogP contribution is 2.15. The Morgan fingerprint density at radius 1 is 0.290 bits per heavy atom. The molecule has 0 aromatic carbocycles. The van der Waals surface area contributed by atoms with Crippen molar-refractivity contribution < 1.29 is 28.6 Å². The molecule has 0 unspecified atom stereocenters. The molecule has 0 aliphatic rings. The molecule has 1 atom stereocenters. The van der Waals surface area contributed by atoms with Crippen molar-refractivity contribution in [2.45, 2.75) is 309 Å². The van der Waals surface area contributed by atoms with Crippen molar-refractivity contribution in [2.24, 2.45) is 0 Å². The fourth-order valence-electron chi connectivity index (χ4n) is 8.44. The van der Waals surface area contributed by atoms with Gasteiger partial charge in [-0.05, 0) is 109 Å². The summed E-state index contributed by atoms with van der Waals surface area (Å²) in [6, 6.07) is 0. The third kappa shape index (κ3) is 55.9. The molecule has 0 aliphatic heterocycles. The summed E-state index contributed by atoms with van der Waals surface area (Å²) in [5, 5.41) is 0. The van der Waals surface area contributed by atoms with Crippen LogP contribution in [-0.4, -0.2) is 37.2 Å². The molecule has 6 heteroatoms. The van der Waals surface area contributed by atoms with Crippen LogP contribution < -0.4 is 0 Å². The summed E-state index contributed by atoms with van der Waals surface area (Å²) < 4.78 is 16.9. The maximum Gasteiger partial charge on any atom is 0.306 e. The number of hydrogen-bond donors (Lipinski definition) is 0. The molecule has 0 saturated carbocycles. The van der Waals surface area contributed by atoms with Gasteiger partial charge >= 0.3 is 17.9 Å². The first-order valence-corrected chi connectivity index (χ1v) is 29.8. The minimum absolute atomic E-state index is 0.0812. The van der Waals surface area contributed by atoms with Gasteiger partial charge in [0.15, 0.2) is 6.10 Å². The molecular formula is C63H112O6. The smallest absolute Gasteiger partial charge is 0.306 e. The molecule has 0 rings (SSSR count). The van der Waals surface area contributed by atoms with Crippen molar-refractivity contribution in [1.29, 1.82) is 0 Å². The molecule has 0 amide bonds. The molecule has 6 nitrogen and oxygen atoms in total. The van der Waals surface area contributed by atoms with Gasteiger partial charge in [0.2, 0.25) is 0 Å². The second kappa shape index (κ2) is 57.7. The Bertz CT molecular complexity index is 1250. The van der Waals surface area contributed by atoms with Crippen molar-refractivity contribution >= 4 is 17.9 Å². The summed E-state index contributed by atoms with van der Waals surface area (Å²) in [5.41, 5.74) is 0. The van der Waals surface area contributed by atoms with Crippen LogP contribution in [0.4, 0.5) is 0 Å². The van der Waals surface area contributed by atoms with Gasteiger partial charge < -0.3 is 14.2 Å². The zero-order valence-corrected chi connectivity index (χ0v) is 45.8. The molecule has 0 radical (unpaired) electrons. The average Bonchev–Trinajstić information content (AvgIpc) is 3.35. The quantitative estimate of drug-likeness (QED) is 0.0262. The van der Waals surface area contributed by atoms with Crippen molar-refractivity contribution in [2.75, 3.05) is 13.2 Å². The number of ether oxygens (including phenoxy) is 3. The van der Waals surface area contributed by atoms with Gasteiger partial charge in [0, 0.05) is 19.3 Å². The number of hydrogen-bond acceptors (Lipinski definition) is 6. The monoisotopic (exact) mass is 965 g/mol. The van der Waals surface area contributed by atoms with Crippen LogP contribution in [0.1, 0.15) is 303 Å². The zero-order valence-electron chi connectivity index (χ0n) is 45.8. The lowest BCUT2D eigenvalue weighted by atomic mass is 10.1.